The van der Waals surface area contributed by atoms with Crippen LogP contribution in [0.3, 0.4) is 0 Å². The maximum Gasteiger partial charge on any atom is 0.432 e. The Balaban J connectivity index is 6.58. The zero-order valence-corrected chi connectivity index (χ0v) is 10.7. The molecule has 0 rings (SSSR count). The van der Waals surface area contributed by atoms with Crippen LogP contribution in [0.5, 0.6) is 0 Å². The lowest BCUT2D eigenvalue weighted by atomic mass is 9.87. The van der Waals surface area contributed by atoms with E-state index in [1.54, 1.807) is 0 Å². The number of allylic oxidation sites excluding steroid dienone is 1. The minimum absolute atomic E-state index is 2.54. The summed E-state index contributed by atoms with van der Waals surface area (Å²) in [7, 11) is 0. The van der Waals surface area contributed by atoms with Crippen molar-refractivity contribution in [2.45, 2.75) is 42.0 Å². The maximum atomic E-state index is 13.3. The molecule has 0 aliphatic carbocycles. The second-order valence-corrected chi connectivity index (χ2v) is 4.32. The van der Waals surface area contributed by atoms with Crippen molar-refractivity contribution >= 4 is 0 Å². The molecular formula is C9H2F16. The molecule has 0 aromatic rings. The number of alkyl halides is 14. The van der Waals surface area contributed by atoms with Gasteiger partial charge in [0.05, 0.1) is 0 Å². The Morgan fingerprint density at radius 3 is 1.24 bits per heavy atom. The van der Waals surface area contributed by atoms with Crippen molar-refractivity contribution in [2.75, 3.05) is 0 Å². The molecule has 16 heteroatoms. The van der Waals surface area contributed by atoms with E-state index in [1.165, 1.54) is 0 Å². The van der Waals surface area contributed by atoms with Crippen molar-refractivity contribution in [1.82, 2.24) is 0 Å². The molecule has 150 valence electrons. The Labute approximate surface area is 126 Å². The number of rotatable bonds is 5. The fourth-order valence-corrected chi connectivity index (χ4v) is 1.30. The molecule has 0 amide bonds. The Morgan fingerprint density at radius 2 is 1.00 bits per heavy atom. The highest BCUT2D eigenvalue weighted by molar-refractivity contribution is 5.21. The lowest BCUT2D eigenvalue weighted by molar-refractivity contribution is -0.398. The van der Waals surface area contributed by atoms with Crippen LogP contribution in [0.15, 0.2) is 12.2 Å². The average molecular weight is 414 g/mol. The zero-order valence-electron chi connectivity index (χ0n) is 10.7. The topological polar surface area (TPSA) is 0 Å². The summed E-state index contributed by atoms with van der Waals surface area (Å²) in [5.41, 5.74) is -7.25. The van der Waals surface area contributed by atoms with Gasteiger partial charge in [-0.15, -0.1) is 0 Å². The largest absolute Gasteiger partial charge is 0.432 e. The number of hydrogen-bond acceptors (Lipinski definition) is 0. The van der Waals surface area contributed by atoms with Gasteiger partial charge in [-0.1, -0.05) is 0 Å². The third-order valence-electron chi connectivity index (χ3n) is 2.60. The average Bonchev–Trinajstić information content (AvgIpc) is 2.33. The fraction of sp³-hybridized carbons (Fsp3) is 0.778. The first-order valence-electron chi connectivity index (χ1n) is 5.21. The lowest BCUT2D eigenvalue weighted by Crippen LogP contribution is -2.70. The summed E-state index contributed by atoms with van der Waals surface area (Å²) in [6.45, 7) is 0. The highest BCUT2D eigenvalue weighted by atomic mass is 19.4. The van der Waals surface area contributed by atoms with Crippen LogP contribution in [0.1, 0.15) is 0 Å². The highest BCUT2D eigenvalue weighted by Crippen LogP contribution is 2.59. The Morgan fingerprint density at radius 1 is 0.640 bits per heavy atom. The third kappa shape index (κ3) is 3.61. The van der Waals surface area contributed by atoms with Gasteiger partial charge in [0, 0.05) is 6.08 Å². The van der Waals surface area contributed by atoms with E-state index in [-0.39, 0.29) is 0 Å². The summed E-state index contributed by atoms with van der Waals surface area (Å²) in [6.07, 6.45) is -27.2. The van der Waals surface area contributed by atoms with E-state index in [0.717, 1.165) is 0 Å². The molecule has 2 unspecified atom stereocenters. The predicted molar refractivity (Wildman–Crippen MR) is 46.0 cm³/mol. The lowest BCUT2D eigenvalue weighted by Gasteiger charge is -2.40. The molecule has 0 N–H and O–H groups in total. The molecule has 2 atom stereocenters. The first kappa shape index (κ1) is 23.6. The molecule has 0 saturated carbocycles. The molecule has 0 spiro atoms. The van der Waals surface area contributed by atoms with E-state index in [1.807, 2.05) is 0 Å². The van der Waals surface area contributed by atoms with E-state index < -0.39 is 54.1 Å². The second kappa shape index (κ2) is 6.10. The van der Waals surface area contributed by atoms with Gasteiger partial charge in [0.25, 0.3) is 17.9 Å². The van der Waals surface area contributed by atoms with Gasteiger partial charge in [0.1, 0.15) is 0 Å². The maximum absolute atomic E-state index is 13.3. The Hall–Kier alpha value is -1.38. The molecule has 0 heterocycles. The standard InChI is InChI=1S/C9H2F16/c10-2(11)1-4(13,9(23,24)25)7(19,20)8(21,22)5(14,15)3(12)6(16,17)18/h1,3H. The summed E-state index contributed by atoms with van der Waals surface area (Å²) >= 11 is 0. The van der Waals surface area contributed by atoms with Crippen molar-refractivity contribution in [3.05, 3.63) is 12.2 Å². The van der Waals surface area contributed by atoms with Crippen LogP contribution < -0.4 is 0 Å². The van der Waals surface area contributed by atoms with Crippen molar-refractivity contribution < 1.29 is 70.2 Å². The van der Waals surface area contributed by atoms with Crippen molar-refractivity contribution in [3.8, 4) is 0 Å². The Bertz CT molecular complexity index is 505. The molecule has 0 aliphatic heterocycles. The van der Waals surface area contributed by atoms with Crippen molar-refractivity contribution in [1.29, 1.82) is 0 Å². The second-order valence-electron chi connectivity index (χ2n) is 4.32. The third-order valence-corrected chi connectivity index (χ3v) is 2.60. The van der Waals surface area contributed by atoms with Crippen LogP contribution >= 0.6 is 0 Å². The smallest absolute Gasteiger partial charge is 0.230 e. The first-order valence-corrected chi connectivity index (χ1v) is 5.21. The number of halogens is 16. The van der Waals surface area contributed by atoms with Gasteiger partial charge in [-0.05, 0) is 0 Å². The molecular weight excluding hydrogens is 412 g/mol. The van der Waals surface area contributed by atoms with Crippen LogP contribution in [-0.4, -0.2) is 42.0 Å². The van der Waals surface area contributed by atoms with Gasteiger partial charge in [0.15, 0.2) is 0 Å². The first-order chi connectivity index (χ1) is 10.6. The zero-order chi connectivity index (χ0) is 20.9. The Kier molecular flexibility index (Phi) is 5.77. The van der Waals surface area contributed by atoms with Crippen LogP contribution in [0.2, 0.25) is 0 Å². The quantitative estimate of drug-likeness (QED) is 0.496. The fourth-order valence-electron chi connectivity index (χ4n) is 1.30. The molecule has 0 saturated heterocycles. The molecule has 25 heavy (non-hydrogen) atoms. The highest BCUT2D eigenvalue weighted by Gasteiger charge is 2.88. The van der Waals surface area contributed by atoms with Gasteiger partial charge in [0.2, 0.25) is 0 Å². The van der Waals surface area contributed by atoms with Crippen LogP contribution in [0.4, 0.5) is 70.2 Å². The minimum Gasteiger partial charge on any atom is -0.230 e. The monoisotopic (exact) mass is 414 g/mol. The van der Waals surface area contributed by atoms with E-state index in [4.69, 9.17) is 0 Å². The van der Waals surface area contributed by atoms with Gasteiger partial charge in [-0.3, -0.25) is 0 Å². The van der Waals surface area contributed by atoms with Crippen LogP contribution in [0, 0.1) is 0 Å². The summed E-state index contributed by atoms with van der Waals surface area (Å²) in [5, 5.41) is 0. The SMILES string of the molecule is FC(F)=CC(F)(C(F)(F)F)C(F)(F)C(F)(F)C(F)(F)C(F)C(F)(F)F. The molecule has 0 fully saturated rings. The van der Waals surface area contributed by atoms with E-state index >= 15 is 0 Å². The molecule has 0 aromatic carbocycles. The van der Waals surface area contributed by atoms with Gasteiger partial charge in [-0.2, -0.15) is 61.5 Å². The normalized spacial score (nSPS) is 18.6. The van der Waals surface area contributed by atoms with Gasteiger partial charge in [-0.25, -0.2) is 8.78 Å². The summed E-state index contributed by atoms with van der Waals surface area (Å²) in [4.78, 5) is 0. The summed E-state index contributed by atoms with van der Waals surface area (Å²) in [6, 6.07) is 0. The minimum atomic E-state index is -8.04. The molecule has 0 aromatic heterocycles. The van der Waals surface area contributed by atoms with Gasteiger partial charge >= 0.3 is 30.1 Å². The van der Waals surface area contributed by atoms with Crippen LogP contribution in [-0.2, 0) is 0 Å². The van der Waals surface area contributed by atoms with E-state index in [0.29, 0.717) is 0 Å². The molecule has 0 bridgehead atoms. The van der Waals surface area contributed by atoms with E-state index in [2.05, 4.69) is 0 Å². The summed E-state index contributed by atoms with van der Waals surface area (Å²) < 4.78 is 199. The summed E-state index contributed by atoms with van der Waals surface area (Å²) in [5.74, 6) is -23.7. The van der Waals surface area contributed by atoms with Crippen LogP contribution in [0.25, 0.3) is 0 Å². The molecule has 0 radical (unpaired) electrons. The van der Waals surface area contributed by atoms with Gasteiger partial charge < -0.3 is 0 Å². The van der Waals surface area contributed by atoms with Crippen molar-refractivity contribution in [2.24, 2.45) is 0 Å². The molecule has 0 aliphatic rings. The molecule has 0 nitrogen and oxygen atoms in total. The van der Waals surface area contributed by atoms with Crippen molar-refractivity contribution in [3.63, 3.8) is 0 Å². The predicted octanol–water partition coefficient (Wildman–Crippen LogP) is 5.84. The van der Waals surface area contributed by atoms with E-state index in [9.17, 15) is 70.2 Å². The number of hydrogen-bond donors (Lipinski definition) is 0.